The molecule has 0 spiro atoms. The minimum atomic E-state index is -3.19. The molecule has 0 aromatic carbocycles. The summed E-state index contributed by atoms with van der Waals surface area (Å²) in [6.07, 6.45) is 6.74. The molecule has 37 heavy (non-hydrogen) atoms. The molecule has 11 heteroatoms. The van der Waals surface area contributed by atoms with Crippen molar-refractivity contribution < 1.29 is 17.9 Å². The molecule has 0 bridgehead atoms. The first-order valence-corrected chi connectivity index (χ1v) is 14.2. The van der Waals surface area contributed by atoms with Crippen LogP contribution in [0.5, 0.6) is 5.75 Å². The van der Waals surface area contributed by atoms with Crippen LogP contribution in [-0.2, 0) is 16.6 Å². The maximum atomic E-state index is 13.5. The number of nitrogens with zero attached hydrogens (tertiary/aromatic N) is 3. The largest absolute Gasteiger partial charge is 0.496 e. The van der Waals surface area contributed by atoms with Gasteiger partial charge in [0.25, 0.3) is 11.5 Å². The van der Waals surface area contributed by atoms with E-state index < -0.39 is 10.0 Å². The Balaban J connectivity index is 1.61. The van der Waals surface area contributed by atoms with Crippen LogP contribution in [-0.4, -0.2) is 59.0 Å². The molecule has 1 amide bonds. The normalized spacial score (nSPS) is 16.1. The highest BCUT2D eigenvalue weighted by Gasteiger charge is 2.33. The molecule has 3 aromatic heterocycles. The van der Waals surface area contributed by atoms with Crippen molar-refractivity contribution in [3.8, 4) is 5.75 Å². The summed E-state index contributed by atoms with van der Waals surface area (Å²) in [5, 5.41) is 2.89. The molecular weight excluding hydrogens is 494 g/mol. The van der Waals surface area contributed by atoms with Crippen LogP contribution in [0, 0.1) is 19.8 Å². The summed E-state index contributed by atoms with van der Waals surface area (Å²) >= 11 is 0. The number of piperidine rings is 1. The van der Waals surface area contributed by atoms with E-state index in [9.17, 15) is 18.0 Å². The van der Waals surface area contributed by atoms with E-state index in [4.69, 9.17) is 4.74 Å². The number of pyridine rings is 1. The number of H-pyrrole nitrogens is 1. The van der Waals surface area contributed by atoms with Crippen molar-refractivity contribution in [1.82, 2.24) is 24.0 Å². The predicted octanol–water partition coefficient (Wildman–Crippen LogP) is 2.74. The summed E-state index contributed by atoms with van der Waals surface area (Å²) in [6.45, 7) is 8.55. The topological polar surface area (TPSA) is 126 Å². The maximum Gasteiger partial charge on any atom is 0.256 e. The van der Waals surface area contributed by atoms with Gasteiger partial charge >= 0.3 is 0 Å². The van der Waals surface area contributed by atoms with Gasteiger partial charge in [-0.25, -0.2) is 12.7 Å². The van der Waals surface area contributed by atoms with Gasteiger partial charge in [0.05, 0.1) is 42.2 Å². The number of aromatic amines is 1. The molecule has 3 aromatic rings. The molecule has 200 valence electrons. The van der Waals surface area contributed by atoms with E-state index in [2.05, 4.69) is 22.2 Å². The van der Waals surface area contributed by atoms with E-state index in [1.807, 2.05) is 17.5 Å². The van der Waals surface area contributed by atoms with Gasteiger partial charge in [-0.1, -0.05) is 6.92 Å². The number of rotatable bonds is 8. The Morgan fingerprint density at radius 3 is 2.65 bits per heavy atom. The number of nitrogens with one attached hydrogen (secondary N) is 2. The van der Waals surface area contributed by atoms with Crippen molar-refractivity contribution >= 4 is 21.4 Å². The molecule has 1 unspecified atom stereocenters. The van der Waals surface area contributed by atoms with Crippen LogP contribution in [0.15, 0.2) is 29.5 Å². The molecule has 1 saturated heterocycles. The molecule has 1 aliphatic heterocycles. The average molecular weight is 530 g/mol. The van der Waals surface area contributed by atoms with Crippen LogP contribution in [0.1, 0.15) is 65.5 Å². The molecule has 1 fully saturated rings. The Morgan fingerprint density at radius 1 is 1.30 bits per heavy atom. The van der Waals surface area contributed by atoms with Crippen LogP contribution in [0.25, 0.3) is 5.52 Å². The zero-order valence-corrected chi connectivity index (χ0v) is 22.8. The number of hydrogen-bond donors (Lipinski definition) is 2. The SMILES string of the molecule is CCS(=O)(=O)N1CCC(C(C)c2c(C)c(C(=O)NCc3c(OC)cc(C)[nH]c3=O)c3cnccn23)CC1. The molecule has 4 rings (SSSR count). The molecule has 4 heterocycles. The first-order chi connectivity index (χ1) is 17.6. The van der Waals surface area contributed by atoms with Crippen LogP contribution >= 0.6 is 0 Å². The van der Waals surface area contributed by atoms with Crippen molar-refractivity contribution in [1.29, 1.82) is 0 Å². The summed E-state index contributed by atoms with van der Waals surface area (Å²) in [7, 11) is -1.70. The van der Waals surface area contributed by atoms with Gasteiger partial charge in [0.1, 0.15) is 5.75 Å². The standard InChI is InChI=1S/C26H35N5O5S/c1-6-37(34,35)30-10-7-19(8-11-30)17(3)24-18(4)23(21-15-27-9-12-31(21)24)26(33)28-14-20-22(36-5)13-16(2)29-25(20)32/h9,12-13,15,17,19H,6-8,10-11,14H2,1-5H3,(H,28,33)(H,29,32). The van der Waals surface area contributed by atoms with Crippen molar-refractivity contribution in [2.45, 2.75) is 53.0 Å². The number of aryl methyl sites for hydroxylation is 1. The van der Waals surface area contributed by atoms with Crippen LogP contribution in [0.2, 0.25) is 0 Å². The van der Waals surface area contributed by atoms with Crippen molar-refractivity contribution in [2.75, 3.05) is 26.0 Å². The third-order valence-corrected chi connectivity index (χ3v) is 9.41. The first-order valence-electron chi connectivity index (χ1n) is 12.6. The van der Waals surface area contributed by atoms with Gasteiger partial charge in [-0.05, 0) is 57.1 Å². The molecule has 0 aliphatic carbocycles. The van der Waals surface area contributed by atoms with E-state index in [0.717, 1.165) is 24.1 Å². The number of hydrogen-bond acceptors (Lipinski definition) is 6. The smallest absolute Gasteiger partial charge is 0.256 e. The van der Waals surface area contributed by atoms with E-state index in [-0.39, 0.29) is 35.6 Å². The fraction of sp³-hybridized carbons (Fsp3) is 0.500. The maximum absolute atomic E-state index is 13.5. The highest BCUT2D eigenvalue weighted by Crippen LogP contribution is 2.37. The Bertz CT molecular complexity index is 1470. The van der Waals surface area contributed by atoms with E-state index in [1.54, 1.807) is 36.6 Å². The zero-order chi connectivity index (χ0) is 26.9. The molecular formula is C26H35N5O5S. The molecule has 1 aliphatic rings. The lowest BCUT2D eigenvalue weighted by molar-refractivity contribution is 0.0951. The third-order valence-electron chi connectivity index (χ3n) is 7.53. The van der Waals surface area contributed by atoms with E-state index in [0.29, 0.717) is 41.2 Å². The van der Waals surface area contributed by atoms with Gasteiger partial charge in [-0.15, -0.1) is 0 Å². The van der Waals surface area contributed by atoms with Gasteiger partial charge < -0.3 is 19.4 Å². The number of fused-ring (bicyclic) bond motifs is 1. The number of aromatic nitrogens is 3. The van der Waals surface area contributed by atoms with E-state index in [1.165, 1.54) is 7.11 Å². The quantitative estimate of drug-likeness (QED) is 0.462. The first kappa shape index (κ1) is 26.9. The third kappa shape index (κ3) is 5.15. The summed E-state index contributed by atoms with van der Waals surface area (Å²) in [5.74, 6) is 0.615. The predicted molar refractivity (Wildman–Crippen MR) is 142 cm³/mol. The minimum absolute atomic E-state index is 0.0178. The summed E-state index contributed by atoms with van der Waals surface area (Å²) < 4.78 is 33.5. The molecule has 1 atom stereocenters. The number of carbonyl (C=O) groups excluding carboxylic acids is 1. The second-order valence-corrected chi connectivity index (χ2v) is 11.9. The number of carbonyl (C=O) groups is 1. The summed E-state index contributed by atoms with van der Waals surface area (Å²) in [5.41, 5.74) is 3.80. The lowest BCUT2D eigenvalue weighted by Crippen LogP contribution is -2.40. The lowest BCUT2D eigenvalue weighted by Gasteiger charge is -2.34. The van der Waals surface area contributed by atoms with Gasteiger partial charge in [0, 0.05) is 36.9 Å². The minimum Gasteiger partial charge on any atom is -0.496 e. The highest BCUT2D eigenvalue weighted by atomic mass is 32.2. The molecule has 2 N–H and O–H groups in total. The number of amides is 1. The Morgan fingerprint density at radius 2 is 2.00 bits per heavy atom. The summed E-state index contributed by atoms with van der Waals surface area (Å²) in [4.78, 5) is 32.9. The Kier molecular flexibility index (Phi) is 7.75. The zero-order valence-electron chi connectivity index (χ0n) is 22.0. The Hall–Kier alpha value is -3.18. The monoisotopic (exact) mass is 529 g/mol. The lowest BCUT2D eigenvalue weighted by atomic mass is 9.82. The van der Waals surface area contributed by atoms with Crippen LogP contribution in [0.4, 0.5) is 0 Å². The van der Waals surface area contributed by atoms with Crippen LogP contribution in [0.3, 0.4) is 0 Å². The Labute approximate surface area is 217 Å². The van der Waals surface area contributed by atoms with Gasteiger partial charge in [-0.2, -0.15) is 0 Å². The second-order valence-electron chi connectivity index (χ2n) is 9.65. The molecule has 0 saturated carbocycles. The van der Waals surface area contributed by atoms with Gasteiger partial charge in [0.15, 0.2) is 0 Å². The number of ether oxygens (including phenoxy) is 1. The van der Waals surface area contributed by atoms with E-state index >= 15 is 0 Å². The number of sulfonamides is 1. The fourth-order valence-electron chi connectivity index (χ4n) is 5.46. The summed E-state index contributed by atoms with van der Waals surface area (Å²) in [6, 6.07) is 1.72. The highest BCUT2D eigenvalue weighted by molar-refractivity contribution is 7.89. The molecule has 0 radical (unpaired) electrons. The van der Waals surface area contributed by atoms with Crippen LogP contribution < -0.4 is 15.6 Å². The fourth-order valence-corrected chi connectivity index (χ4v) is 6.59. The number of methoxy groups -OCH3 is 1. The second kappa shape index (κ2) is 10.7. The van der Waals surface area contributed by atoms with Crippen molar-refractivity contribution in [3.05, 3.63) is 63.1 Å². The van der Waals surface area contributed by atoms with Gasteiger partial charge in [-0.3, -0.25) is 14.6 Å². The molecule has 10 nitrogen and oxygen atoms in total. The van der Waals surface area contributed by atoms with Crippen molar-refractivity contribution in [2.24, 2.45) is 5.92 Å². The van der Waals surface area contributed by atoms with Gasteiger partial charge in [0.2, 0.25) is 10.0 Å². The average Bonchev–Trinajstić information content (AvgIpc) is 3.18. The van der Waals surface area contributed by atoms with Crippen molar-refractivity contribution in [3.63, 3.8) is 0 Å².